The maximum atomic E-state index is 13.7. The molecular weight excluding hydrogens is 436 g/mol. The molecule has 0 aromatic heterocycles. The molecule has 0 bridgehead atoms. The van der Waals surface area contributed by atoms with Crippen LogP contribution in [0.2, 0.25) is 0 Å². The van der Waals surface area contributed by atoms with Crippen molar-refractivity contribution in [2.75, 3.05) is 6.54 Å². The van der Waals surface area contributed by atoms with E-state index >= 15 is 0 Å². The van der Waals surface area contributed by atoms with Gasteiger partial charge in [-0.05, 0) is 78.5 Å². The number of nitrogens with zero attached hydrogens (tertiary/aromatic N) is 1. The Bertz CT molecular complexity index is 892. The fraction of sp³-hybridized carbons (Fsp3) is 0.600. The molecule has 0 spiro atoms. The number of carbonyl (C=O) groups excluding carboxylic acids is 4. The van der Waals surface area contributed by atoms with E-state index < -0.39 is 35.6 Å². The minimum Gasteiger partial charge on any atom is -0.444 e. The molecule has 34 heavy (non-hydrogen) atoms. The van der Waals surface area contributed by atoms with Crippen molar-refractivity contribution >= 4 is 23.8 Å². The fourth-order valence-electron chi connectivity index (χ4n) is 3.54. The van der Waals surface area contributed by atoms with Crippen LogP contribution in [-0.4, -0.2) is 52.9 Å². The van der Waals surface area contributed by atoms with Gasteiger partial charge in [-0.1, -0.05) is 18.2 Å². The van der Waals surface area contributed by atoms with Gasteiger partial charge in [-0.3, -0.25) is 14.4 Å². The van der Waals surface area contributed by atoms with Gasteiger partial charge in [0.15, 0.2) is 0 Å². The number of carbonyl (C=O) groups is 4. The SMILES string of the molecule is CCN(C(=O)C(CCC(N)=O)NC(=O)OC(C)(C)C)C(C(=O)NC(C)C)c1cccc(C)c1C. The zero-order valence-corrected chi connectivity index (χ0v) is 21.7. The maximum absolute atomic E-state index is 13.7. The molecule has 0 radical (unpaired) electrons. The van der Waals surface area contributed by atoms with Gasteiger partial charge < -0.3 is 26.0 Å². The van der Waals surface area contributed by atoms with Gasteiger partial charge >= 0.3 is 6.09 Å². The monoisotopic (exact) mass is 476 g/mol. The van der Waals surface area contributed by atoms with Gasteiger partial charge in [0.25, 0.3) is 0 Å². The summed E-state index contributed by atoms with van der Waals surface area (Å²) >= 11 is 0. The normalized spacial score (nSPS) is 13.1. The second kappa shape index (κ2) is 12.4. The van der Waals surface area contributed by atoms with Crippen molar-refractivity contribution in [3.05, 3.63) is 34.9 Å². The average Bonchev–Trinajstić information content (AvgIpc) is 2.69. The molecule has 0 fully saturated rings. The molecule has 1 rings (SSSR count). The van der Waals surface area contributed by atoms with Crippen molar-refractivity contribution in [1.82, 2.24) is 15.5 Å². The number of hydrogen-bond acceptors (Lipinski definition) is 5. The first-order valence-corrected chi connectivity index (χ1v) is 11.6. The number of alkyl carbamates (subject to hydrolysis) is 1. The van der Waals surface area contributed by atoms with Crippen LogP contribution in [0.5, 0.6) is 0 Å². The van der Waals surface area contributed by atoms with E-state index in [1.54, 1.807) is 27.7 Å². The minimum absolute atomic E-state index is 0.0186. The molecule has 0 saturated carbocycles. The standard InChI is InChI=1S/C25H40N4O5/c1-9-29(21(22(31)27-15(2)3)18-12-10-11-16(4)17(18)5)23(32)19(13-14-20(26)30)28-24(33)34-25(6,7)8/h10-12,15,19,21H,9,13-14H2,1-8H3,(H2,26,30)(H,27,31)(H,28,33). The summed E-state index contributed by atoms with van der Waals surface area (Å²) in [4.78, 5) is 52.3. The lowest BCUT2D eigenvalue weighted by Gasteiger charge is -2.35. The van der Waals surface area contributed by atoms with Gasteiger partial charge in [-0.25, -0.2) is 4.79 Å². The number of amides is 4. The van der Waals surface area contributed by atoms with Crippen LogP contribution in [0, 0.1) is 13.8 Å². The van der Waals surface area contributed by atoms with E-state index in [0.29, 0.717) is 5.56 Å². The zero-order chi connectivity index (χ0) is 26.2. The Morgan fingerprint density at radius 3 is 2.21 bits per heavy atom. The molecule has 9 heteroatoms. The molecule has 0 heterocycles. The third-order valence-corrected chi connectivity index (χ3v) is 5.22. The van der Waals surface area contributed by atoms with Crippen molar-refractivity contribution in [2.45, 2.75) is 92.0 Å². The highest BCUT2D eigenvalue weighted by atomic mass is 16.6. The smallest absolute Gasteiger partial charge is 0.408 e. The van der Waals surface area contributed by atoms with Crippen molar-refractivity contribution in [3.8, 4) is 0 Å². The highest BCUT2D eigenvalue weighted by molar-refractivity contribution is 5.92. The molecule has 2 atom stereocenters. The van der Waals surface area contributed by atoms with Crippen LogP contribution < -0.4 is 16.4 Å². The molecule has 9 nitrogen and oxygen atoms in total. The molecule has 190 valence electrons. The van der Waals surface area contributed by atoms with Crippen LogP contribution in [0.1, 0.15) is 77.1 Å². The third-order valence-electron chi connectivity index (χ3n) is 5.22. The van der Waals surface area contributed by atoms with E-state index in [2.05, 4.69) is 10.6 Å². The molecule has 1 aromatic rings. The van der Waals surface area contributed by atoms with E-state index in [4.69, 9.17) is 10.5 Å². The molecule has 0 aliphatic carbocycles. The van der Waals surface area contributed by atoms with E-state index in [0.717, 1.165) is 11.1 Å². The quantitative estimate of drug-likeness (QED) is 0.478. The molecule has 4 amide bonds. The van der Waals surface area contributed by atoms with Crippen LogP contribution in [0.15, 0.2) is 18.2 Å². The van der Waals surface area contributed by atoms with Crippen LogP contribution in [0.25, 0.3) is 0 Å². The third kappa shape index (κ3) is 8.68. The zero-order valence-electron chi connectivity index (χ0n) is 21.7. The summed E-state index contributed by atoms with van der Waals surface area (Å²) in [6, 6.07) is 3.45. The predicted octanol–water partition coefficient (Wildman–Crippen LogP) is 2.88. The maximum Gasteiger partial charge on any atom is 0.408 e. The Morgan fingerprint density at radius 1 is 1.09 bits per heavy atom. The highest BCUT2D eigenvalue weighted by Crippen LogP contribution is 2.27. The number of nitrogens with two attached hydrogens (primary N) is 1. The number of aryl methyl sites for hydroxylation is 1. The summed E-state index contributed by atoms with van der Waals surface area (Å²) in [7, 11) is 0. The summed E-state index contributed by atoms with van der Waals surface area (Å²) in [5.74, 6) is -1.43. The number of hydrogen-bond donors (Lipinski definition) is 3. The fourth-order valence-corrected chi connectivity index (χ4v) is 3.54. The summed E-state index contributed by atoms with van der Waals surface area (Å²) in [5.41, 5.74) is 7.10. The second-order valence-electron chi connectivity index (χ2n) is 9.68. The number of nitrogens with one attached hydrogen (secondary N) is 2. The number of benzene rings is 1. The van der Waals surface area contributed by atoms with Gasteiger partial charge in [0, 0.05) is 19.0 Å². The topological polar surface area (TPSA) is 131 Å². The van der Waals surface area contributed by atoms with Crippen LogP contribution in [0.3, 0.4) is 0 Å². The first kappa shape index (κ1) is 28.9. The minimum atomic E-state index is -1.10. The Morgan fingerprint density at radius 2 is 1.71 bits per heavy atom. The summed E-state index contributed by atoms with van der Waals surface area (Å²) in [6.07, 6.45) is -0.924. The summed E-state index contributed by atoms with van der Waals surface area (Å²) in [6.45, 7) is 14.6. The summed E-state index contributed by atoms with van der Waals surface area (Å²) in [5, 5.41) is 5.46. The molecule has 1 aromatic carbocycles. The second-order valence-corrected chi connectivity index (χ2v) is 9.68. The molecule has 4 N–H and O–H groups in total. The highest BCUT2D eigenvalue weighted by Gasteiger charge is 2.36. The van der Waals surface area contributed by atoms with Gasteiger partial charge in [-0.15, -0.1) is 0 Å². The first-order chi connectivity index (χ1) is 15.7. The summed E-state index contributed by atoms with van der Waals surface area (Å²) < 4.78 is 5.30. The lowest BCUT2D eigenvalue weighted by atomic mass is 9.94. The van der Waals surface area contributed by atoms with Crippen molar-refractivity contribution in [2.24, 2.45) is 5.73 Å². The van der Waals surface area contributed by atoms with E-state index in [9.17, 15) is 19.2 Å². The van der Waals surface area contributed by atoms with Crippen molar-refractivity contribution in [3.63, 3.8) is 0 Å². The number of primary amides is 1. The lowest BCUT2D eigenvalue weighted by Crippen LogP contribution is -2.53. The van der Waals surface area contributed by atoms with Crippen molar-refractivity contribution in [1.29, 1.82) is 0 Å². The molecule has 0 aliphatic rings. The Labute approximate surface area is 202 Å². The lowest BCUT2D eigenvalue weighted by molar-refractivity contribution is -0.142. The first-order valence-electron chi connectivity index (χ1n) is 11.6. The average molecular weight is 477 g/mol. The largest absolute Gasteiger partial charge is 0.444 e. The number of ether oxygens (including phenoxy) is 1. The van der Waals surface area contributed by atoms with Crippen LogP contribution in [0.4, 0.5) is 4.79 Å². The van der Waals surface area contributed by atoms with Crippen LogP contribution in [-0.2, 0) is 19.1 Å². The van der Waals surface area contributed by atoms with Gasteiger partial charge in [-0.2, -0.15) is 0 Å². The molecule has 2 unspecified atom stereocenters. The molecular formula is C25H40N4O5. The van der Waals surface area contributed by atoms with Gasteiger partial charge in [0.2, 0.25) is 17.7 Å². The van der Waals surface area contributed by atoms with Gasteiger partial charge in [0.1, 0.15) is 17.7 Å². The number of likely N-dealkylation sites (N-methyl/N-ethyl adjacent to an activating group) is 1. The van der Waals surface area contributed by atoms with E-state index in [-0.39, 0.29) is 31.3 Å². The van der Waals surface area contributed by atoms with Crippen LogP contribution >= 0.6 is 0 Å². The molecule has 0 saturated heterocycles. The Balaban J connectivity index is 3.43. The van der Waals surface area contributed by atoms with E-state index in [1.807, 2.05) is 45.9 Å². The van der Waals surface area contributed by atoms with E-state index in [1.165, 1.54) is 4.90 Å². The predicted molar refractivity (Wildman–Crippen MR) is 131 cm³/mol. The Hall–Kier alpha value is -3.10. The van der Waals surface area contributed by atoms with Gasteiger partial charge in [0.05, 0.1) is 0 Å². The Kier molecular flexibility index (Phi) is 10.5. The van der Waals surface area contributed by atoms with Crippen molar-refractivity contribution < 1.29 is 23.9 Å². The molecule has 0 aliphatic heterocycles. The number of rotatable bonds is 10.